The van der Waals surface area contributed by atoms with Gasteiger partial charge in [0.1, 0.15) is 4.33 Å². The molecule has 0 aromatic rings. The summed E-state index contributed by atoms with van der Waals surface area (Å²) in [6, 6.07) is 0. The van der Waals surface area contributed by atoms with Gasteiger partial charge >= 0.3 is 0 Å². The van der Waals surface area contributed by atoms with Crippen molar-refractivity contribution < 1.29 is 4.21 Å². The first-order chi connectivity index (χ1) is 4.27. The smallest absolute Gasteiger partial charge is 0.141 e. The molecule has 0 unspecified atom stereocenters. The SMILES string of the molecule is C[SH](C)(=O)CC(Cl)(Cl)CCl. The van der Waals surface area contributed by atoms with Gasteiger partial charge in [0.15, 0.2) is 0 Å². The predicted octanol–water partition coefficient (Wildman–Crippen LogP) is 1.68. The molecule has 5 heteroatoms. The molecule has 0 aliphatic carbocycles. The van der Waals surface area contributed by atoms with Gasteiger partial charge in [-0.05, 0) is 12.5 Å². The van der Waals surface area contributed by atoms with E-state index in [-0.39, 0.29) is 11.6 Å². The van der Waals surface area contributed by atoms with Crippen molar-refractivity contribution in [2.24, 2.45) is 0 Å². The van der Waals surface area contributed by atoms with Gasteiger partial charge in [-0.1, -0.05) is 23.2 Å². The summed E-state index contributed by atoms with van der Waals surface area (Å²) in [6.45, 7) is 0. The van der Waals surface area contributed by atoms with Crippen LogP contribution in [-0.4, -0.2) is 32.7 Å². The first-order valence-electron chi connectivity index (χ1n) is 2.75. The number of hydrogen-bond acceptors (Lipinski definition) is 1. The lowest BCUT2D eigenvalue weighted by Crippen LogP contribution is -2.30. The van der Waals surface area contributed by atoms with Crippen molar-refractivity contribution >= 4 is 44.7 Å². The molecule has 0 fully saturated rings. The van der Waals surface area contributed by atoms with E-state index in [9.17, 15) is 4.21 Å². The molecular formula is C5H11Cl3OS. The highest BCUT2D eigenvalue weighted by atomic mass is 35.5. The summed E-state index contributed by atoms with van der Waals surface area (Å²) in [5.74, 6) is 0.383. The number of thiol groups is 1. The van der Waals surface area contributed by atoms with Gasteiger partial charge in [0.25, 0.3) is 0 Å². The van der Waals surface area contributed by atoms with Crippen LogP contribution in [0.5, 0.6) is 0 Å². The van der Waals surface area contributed by atoms with Gasteiger partial charge in [-0.2, -0.15) is 0 Å². The fourth-order valence-electron chi connectivity index (χ4n) is 0.599. The molecule has 0 atom stereocenters. The molecule has 0 spiro atoms. The molecule has 10 heavy (non-hydrogen) atoms. The van der Waals surface area contributed by atoms with E-state index in [0.29, 0.717) is 0 Å². The molecule has 0 saturated heterocycles. The van der Waals surface area contributed by atoms with Crippen molar-refractivity contribution in [2.45, 2.75) is 4.33 Å². The summed E-state index contributed by atoms with van der Waals surface area (Å²) >= 11 is 16.7. The average molecular weight is 226 g/mol. The quantitative estimate of drug-likeness (QED) is 0.571. The van der Waals surface area contributed by atoms with Crippen LogP contribution in [0.1, 0.15) is 0 Å². The second kappa shape index (κ2) is 3.61. The summed E-state index contributed by atoms with van der Waals surface area (Å²) in [4.78, 5) is 0. The largest absolute Gasteiger partial charge is 0.285 e. The minimum Gasteiger partial charge on any atom is -0.285 e. The van der Waals surface area contributed by atoms with E-state index in [1.54, 1.807) is 12.5 Å². The van der Waals surface area contributed by atoms with E-state index >= 15 is 0 Å². The van der Waals surface area contributed by atoms with Crippen molar-refractivity contribution in [3.05, 3.63) is 0 Å². The standard InChI is InChI=1S/C5H11Cl3OS/c1-10(2,9)4-5(7,8)3-6/h10H,3-4H2,1-2H3. The maximum absolute atomic E-state index is 11.2. The van der Waals surface area contributed by atoms with Crippen LogP contribution in [0.4, 0.5) is 0 Å². The molecule has 0 saturated carbocycles. The Bertz CT molecular complexity index is 151. The Morgan fingerprint density at radius 1 is 1.40 bits per heavy atom. The van der Waals surface area contributed by atoms with E-state index in [4.69, 9.17) is 34.8 Å². The lowest BCUT2D eigenvalue weighted by atomic mass is 10.5. The lowest BCUT2D eigenvalue weighted by molar-refractivity contribution is 0.676. The maximum atomic E-state index is 11.2. The van der Waals surface area contributed by atoms with Gasteiger partial charge in [-0.25, -0.2) is 0 Å². The molecule has 0 aromatic heterocycles. The first-order valence-corrected chi connectivity index (χ1v) is 6.82. The third-order valence-corrected chi connectivity index (χ3v) is 3.75. The zero-order chi connectivity index (χ0) is 8.41. The zero-order valence-electron chi connectivity index (χ0n) is 5.90. The van der Waals surface area contributed by atoms with Crippen LogP contribution in [0, 0.1) is 0 Å². The Balaban J connectivity index is 4.02. The molecule has 0 aromatic carbocycles. The molecule has 0 bridgehead atoms. The van der Waals surface area contributed by atoms with E-state index < -0.39 is 14.3 Å². The molecule has 0 N–H and O–H groups in total. The Labute approximate surface area is 77.5 Å². The molecule has 0 radical (unpaired) electrons. The number of alkyl halides is 3. The molecule has 0 aliphatic heterocycles. The number of rotatable bonds is 3. The molecule has 0 aliphatic rings. The van der Waals surface area contributed by atoms with Crippen molar-refractivity contribution in [1.82, 2.24) is 0 Å². The van der Waals surface area contributed by atoms with Gasteiger partial charge in [0, 0.05) is 5.75 Å². The second-order valence-electron chi connectivity index (χ2n) is 2.72. The third kappa shape index (κ3) is 5.78. The van der Waals surface area contributed by atoms with Gasteiger partial charge < -0.3 is 0 Å². The zero-order valence-corrected chi connectivity index (χ0v) is 9.07. The highest BCUT2D eigenvalue weighted by Crippen LogP contribution is 2.25. The van der Waals surface area contributed by atoms with Crippen LogP contribution in [-0.2, 0) is 9.93 Å². The van der Waals surface area contributed by atoms with Crippen molar-refractivity contribution in [3.63, 3.8) is 0 Å². The van der Waals surface area contributed by atoms with E-state index in [1.807, 2.05) is 0 Å². The highest BCUT2D eigenvalue weighted by Gasteiger charge is 2.26. The normalized spacial score (nSPS) is 15.3. The van der Waals surface area contributed by atoms with E-state index in [2.05, 4.69) is 0 Å². The lowest BCUT2D eigenvalue weighted by Gasteiger charge is -2.21. The van der Waals surface area contributed by atoms with Crippen molar-refractivity contribution in [3.8, 4) is 0 Å². The topological polar surface area (TPSA) is 17.1 Å². The monoisotopic (exact) mass is 224 g/mol. The number of hydrogen-bond donors (Lipinski definition) is 1. The Morgan fingerprint density at radius 3 is 1.90 bits per heavy atom. The first kappa shape index (κ1) is 11.0. The van der Waals surface area contributed by atoms with E-state index in [0.717, 1.165) is 0 Å². The van der Waals surface area contributed by atoms with Crippen molar-refractivity contribution in [1.29, 1.82) is 0 Å². The molecule has 64 valence electrons. The van der Waals surface area contributed by atoms with Crippen LogP contribution >= 0.6 is 34.8 Å². The summed E-state index contributed by atoms with van der Waals surface area (Å²) in [6.07, 6.45) is 3.28. The molecule has 0 amide bonds. The van der Waals surface area contributed by atoms with Gasteiger partial charge in [-0.15, -0.1) is 21.5 Å². The van der Waals surface area contributed by atoms with Crippen LogP contribution in [0.2, 0.25) is 0 Å². The molecule has 0 rings (SSSR count). The fourth-order valence-corrected chi connectivity index (χ4v) is 3.78. The Morgan fingerprint density at radius 2 is 1.80 bits per heavy atom. The Kier molecular flexibility index (Phi) is 3.98. The predicted molar refractivity (Wildman–Crippen MR) is 51.4 cm³/mol. The molecule has 1 nitrogen and oxygen atoms in total. The Hall–Kier alpha value is 1.02. The number of halogens is 3. The maximum Gasteiger partial charge on any atom is 0.141 e. The minimum atomic E-state index is -2.15. The van der Waals surface area contributed by atoms with Crippen LogP contribution in [0.3, 0.4) is 0 Å². The average Bonchev–Trinajstić information content (AvgIpc) is 1.60. The highest BCUT2D eigenvalue weighted by molar-refractivity contribution is 8.01. The third-order valence-electron chi connectivity index (χ3n) is 0.808. The molecule has 0 heterocycles. The summed E-state index contributed by atoms with van der Waals surface area (Å²) < 4.78 is 10.1. The summed E-state index contributed by atoms with van der Waals surface area (Å²) in [7, 11) is -2.15. The second-order valence-corrected chi connectivity index (χ2v) is 8.09. The van der Waals surface area contributed by atoms with Gasteiger partial charge in [0.05, 0.1) is 5.88 Å². The summed E-state index contributed by atoms with van der Waals surface area (Å²) in [5.41, 5.74) is 0. The minimum absolute atomic E-state index is 0.113. The van der Waals surface area contributed by atoms with Crippen LogP contribution in [0.15, 0.2) is 0 Å². The molecular weight excluding hydrogens is 214 g/mol. The van der Waals surface area contributed by atoms with E-state index in [1.165, 1.54) is 0 Å². The summed E-state index contributed by atoms with van der Waals surface area (Å²) in [5, 5.41) is 0. The van der Waals surface area contributed by atoms with Gasteiger partial charge in [-0.3, -0.25) is 4.21 Å². The van der Waals surface area contributed by atoms with Crippen LogP contribution in [0.25, 0.3) is 0 Å². The fraction of sp³-hybridized carbons (Fsp3) is 1.00. The van der Waals surface area contributed by atoms with Crippen LogP contribution < -0.4 is 0 Å². The van der Waals surface area contributed by atoms with Gasteiger partial charge in [0.2, 0.25) is 0 Å². The van der Waals surface area contributed by atoms with Crippen molar-refractivity contribution in [2.75, 3.05) is 24.1 Å².